The minimum Gasteiger partial charge on any atom is -0.481 e. The Balaban J connectivity index is 0.00000130. The van der Waals surface area contributed by atoms with Gasteiger partial charge in [-0.2, -0.15) is 0 Å². The van der Waals surface area contributed by atoms with Gasteiger partial charge in [0, 0.05) is 46.1 Å². The largest absolute Gasteiger partial charge is 0.481 e. The van der Waals surface area contributed by atoms with Crippen LogP contribution in [0.2, 0.25) is 0 Å². The lowest BCUT2D eigenvalue weighted by Gasteiger charge is -2.33. The van der Waals surface area contributed by atoms with Gasteiger partial charge in [-0.25, -0.2) is 13.6 Å². The van der Waals surface area contributed by atoms with Gasteiger partial charge in [-0.15, -0.1) is 0 Å². The number of nitrogens with two attached hydrogens (primary N) is 1. The summed E-state index contributed by atoms with van der Waals surface area (Å²) in [5.74, 6) is -0.634. The Bertz CT molecular complexity index is 1490. The zero-order valence-electron chi connectivity index (χ0n) is 26.6. The highest BCUT2D eigenvalue weighted by Gasteiger charge is 2.27. The lowest BCUT2D eigenvalue weighted by Crippen LogP contribution is -2.35. The van der Waals surface area contributed by atoms with Crippen LogP contribution in [0.25, 0.3) is 10.8 Å². The van der Waals surface area contributed by atoms with Gasteiger partial charge in [-0.05, 0) is 84.8 Å². The van der Waals surface area contributed by atoms with Crippen LogP contribution in [0, 0.1) is 0 Å². The first kappa shape index (κ1) is 36.4. The van der Waals surface area contributed by atoms with Gasteiger partial charge in [0.15, 0.2) is 0 Å². The fraction of sp³-hybridized carbons (Fsp3) is 0.500. The molecule has 5 N–H and O–H groups in total. The number of primary sulfonamides is 1. The van der Waals surface area contributed by atoms with Crippen LogP contribution in [0.5, 0.6) is 5.75 Å². The summed E-state index contributed by atoms with van der Waals surface area (Å²) in [5.41, 5.74) is 2.97. The predicted molar refractivity (Wildman–Crippen MR) is 175 cm³/mol. The van der Waals surface area contributed by atoms with E-state index in [0.717, 1.165) is 105 Å². The molecule has 0 amide bonds. The zero-order valence-corrected chi connectivity index (χ0v) is 27.4. The average Bonchev–Trinajstić information content (AvgIpc) is 2.97. The normalized spacial score (nSPS) is 14.6. The summed E-state index contributed by atoms with van der Waals surface area (Å²) in [6.45, 7) is 8.23. The zero-order chi connectivity index (χ0) is 32.9. The summed E-state index contributed by atoms with van der Waals surface area (Å²) >= 11 is 0. The third kappa shape index (κ3) is 12.7. The fourth-order valence-corrected chi connectivity index (χ4v) is 5.60. The van der Waals surface area contributed by atoms with E-state index in [1.54, 1.807) is 12.1 Å². The average molecular weight is 645 g/mol. The Morgan fingerprint density at radius 2 is 1.73 bits per heavy atom. The van der Waals surface area contributed by atoms with Gasteiger partial charge in [0.25, 0.3) is 5.97 Å². The van der Waals surface area contributed by atoms with Crippen molar-refractivity contribution in [2.75, 3.05) is 26.3 Å². The number of carboxylic acids is 1. The van der Waals surface area contributed by atoms with Crippen LogP contribution in [-0.4, -0.2) is 56.7 Å². The number of benzene rings is 3. The van der Waals surface area contributed by atoms with E-state index < -0.39 is 27.9 Å². The summed E-state index contributed by atoms with van der Waals surface area (Å²) in [7, 11) is -3.72. The summed E-state index contributed by atoms with van der Waals surface area (Å²) in [6.07, 6.45) is 6.57. The van der Waals surface area contributed by atoms with Crippen molar-refractivity contribution in [3.8, 4) is 5.75 Å². The lowest BCUT2D eigenvalue weighted by molar-refractivity contribution is -0.180. The Kier molecular flexibility index (Phi) is 14.2. The lowest BCUT2D eigenvalue weighted by atomic mass is 10.0. The topological polar surface area (TPSA) is 157 Å². The van der Waals surface area contributed by atoms with Gasteiger partial charge >= 0.3 is 0 Å². The molecule has 0 aromatic heterocycles. The second kappa shape index (κ2) is 17.6. The van der Waals surface area contributed by atoms with Crippen molar-refractivity contribution in [1.82, 2.24) is 5.32 Å². The minimum atomic E-state index is -3.72. The number of aliphatic hydroxyl groups excluding tert-OH is 1. The van der Waals surface area contributed by atoms with Crippen LogP contribution in [-0.2, 0) is 37.3 Å². The quantitative estimate of drug-likeness (QED) is 0.149. The number of carbonyl (C=O) groups is 1. The first-order chi connectivity index (χ1) is 21.4. The van der Waals surface area contributed by atoms with E-state index in [1.807, 2.05) is 56.3 Å². The fourth-order valence-electron chi connectivity index (χ4n) is 5.06. The van der Waals surface area contributed by atoms with E-state index in [0.29, 0.717) is 13.2 Å². The predicted octanol–water partition coefficient (Wildman–Crippen LogP) is 5.45. The molecule has 10 nitrogen and oxygen atoms in total. The molecule has 248 valence electrons. The number of nitrogens with one attached hydrogen (secondary N) is 1. The molecule has 0 unspecified atom stereocenters. The number of aryl methyl sites for hydroxylation is 1. The maximum atomic E-state index is 11.7. The molecule has 0 fully saturated rings. The molecule has 45 heavy (non-hydrogen) atoms. The van der Waals surface area contributed by atoms with Crippen molar-refractivity contribution >= 4 is 26.8 Å². The van der Waals surface area contributed by atoms with Gasteiger partial charge in [0.05, 0.1) is 17.6 Å². The van der Waals surface area contributed by atoms with Crippen LogP contribution < -0.4 is 15.2 Å². The molecule has 3 aromatic carbocycles. The van der Waals surface area contributed by atoms with Crippen molar-refractivity contribution < 1.29 is 37.6 Å². The Morgan fingerprint density at radius 1 is 1.02 bits per heavy atom. The van der Waals surface area contributed by atoms with Gasteiger partial charge < -0.3 is 29.7 Å². The van der Waals surface area contributed by atoms with Crippen LogP contribution in [0.4, 0.5) is 0 Å². The second-order valence-corrected chi connectivity index (χ2v) is 13.3. The molecule has 0 saturated heterocycles. The summed E-state index contributed by atoms with van der Waals surface area (Å²) in [4.78, 5) is 9.15. The molecular formula is C34H48N2O8S. The third-order valence-corrected chi connectivity index (χ3v) is 8.30. The maximum Gasteiger partial charge on any atom is 0.300 e. The monoisotopic (exact) mass is 644 g/mol. The molecule has 0 spiro atoms. The highest BCUT2D eigenvalue weighted by Crippen LogP contribution is 2.33. The Hall–Kier alpha value is -3.06. The highest BCUT2D eigenvalue weighted by atomic mass is 32.2. The number of hydrogen-bond acceptors (Lipinski definition) is 8. The van der Waals surface area contributed by atoms with Crippen LogP contribution in [0.15, 0.2) is 59.5 Å². The molecule has 1 atom stereocenters. The number of ether oxygens (including phenoxy) is 3. The molecule has 0 aliphatic carbocycles. The number of carboxylic acid groups (broad SMARTS) is 1. The summed E-state index contributed by atoms with van der Waals surface area (Å²) in [6, 6.07) is 16.9. The van der Waals surface area contributed by atoms with Crippen LogP contribution in [0.3, 0.4) is 0 Å². The Morgan fingerprint density at radius 3 is 2.47 bits per heavy atom. The van der Waals surface area contributed by atoms with Gasteiger partial charge in [0.2, 0.25) is 15.8 Å². The van der Waals surface area contributed by atoms with Gasteiger partial charge in [-0.3, -0.25) is 4.79 Å². The smallest absolute Gasteiger partial charge is 0.300 e. The number of aliphatic carboxylic acids is 1. The van der Waals surface area contributed by atoms with Crippen molar-refractivity contribution in [2.24, 2.45) is 5.14 Å². The SMILES string of the molecule is CC(=O)O.CC1(C)OCc2cc([C@@H](O)CNCCCCCCOCCCCc3cccc4ccc(S(N)(=O)=O)cc34)ccc2O1. The molecule has 4 rings (SSSR count). The number of rotatable bonds is 16. The molecule has 3 aromatic rings. The molecule has 1 aliphatic heterocycles. The van der Waals surface area contributed by atoms with E-state index in [2.05, 4.69) is 5.32 Å². The minimum absolute atomic E-state index is 0.149. The Labute approximate surface area is 266 Å². The molecular weight excluding hydrogens is 596 g/mol. The summed E-state index contributed by atoms with van der Waals surface area (Å²) in [5, 5.41) is 28.6. The second-order valence-electron chi connectivity index (χ2n) is 11.7. The number of sulfonamides is 1. The third-order valence-electron chi connectivity index (χ3n) is 7.39. The van der Waals surface area contributed by atoms with Gasteiger partial charge in [-0.1, -0.05) is 43.2 Å². The van der Waals surface area contributed by atoms with Crippen LogP contribution >= 0.6 is 0 Å². The molecule has 1 heterocycles. The maximum absolute atomic E-state index is 11.7. The van der Waals surface area contributed by atoms with Crippen LogP contribution in [0.1, 0.15) is 82.1 Å². The number of unbranched alkanes of at least 4 members (excludes halogenated alkanes) is 4. The number of fused-ring (bicyclic) bond motifs is 2. The van der Waals surface area contributed by atoms with Crippen molar-refractivity contribution in [1.29, 1.82) is 0 Å². The van der Waals surface area contributed by atoms with E-state index in [4.69, 9.17) is 29.3 Å². The number of hydrogen-bond donors (Lipinski definition) is 4. The molecule has 11 heteroatoms. The van der Waals surface area contributed by atoms with E-state index in [9.17, 15) is 13.5 Å². The standard InChI is InChI=1S/C32H44N2O6S.C2H4O2/c1-32(2)39-23-27-20-26(14-16-31(27)40-32)30(35)22-34-17-6-3-4-7-18-38-19-8-5-10-24-11-9-12-25-13-15-28(21-29(24)25)41(33,36)37;1-2(3)4/h9,11-16,20-21,30,34-35H,3-8,10,17-19,22-23H2,1-2H3,(H2,33,36,37);1H3,(H,3,4)/t30-;/m0./s1. The first-order valence-corrected chi connectivity index (χ1v) is 17.1. The number of aliphatic hydroxyl groups is 1. The first-order valence-electron chi connectivity index (χ1n) is 15.5. The highest BCUT2D eigenvalue weighted by molar-refractivity contribution is 7.89. The molecule has 0 saturated carbocycles. The van der Waals surface area contributed by atoms with E-state index in [-0.39, 0.29) is 4.90 Å². The van der Waals surface area contributed by atoms with Crippen molar-refractivity contribution in [3.05, 3.63) is 71.3 Å². The van der Waals surface area contributed by atoms with E-state index >= 15 is 0 Å². The van der Waals surface area contributed by atoms with Crippen molar-refractivity contribution in [2.45, 2.75) is 89.1 Å². The van der Waals surface area contributed by atoms with E-state index in [1.165, 1.54) is 0 Å². The molecule has 0 bridgehead atoms. The summed E-state index contributed by atoms with van der Waals surface area (Å²) < 4.78 is 40.8. The molecule has 0 radical (unpaired) electrons. The van der Waals surface area contributed by atoms with Crippen molar-refractivity contribution in [3.63, 3.8) is 0 Å². The van der Waals surface area contributed by atoms with Gasteiger partial charge in [0.1, 0.15) is 5.75 Å². The molecule has 1 aliphatic rings.